The van der Waals surface area contributed by atoms with E-state index in [9.17, 15) is 4.79 Å². The van der Waals surface area contributed by atoms with Crippen LogP contribution >= 0.6 is 0 Å². The third-order valence-electron chi connectivity index (χ3n) is 5.21. The molecule has 2 aromatic rings. The Bertz CT molecular complexity index is 945. The van der Waals surface area contributed by atoms with Crippen LogP contribution in [0.15, 0.2) is 33.5 Å². The molecule has 0 spiro atoms. The van der Waals surface area contributed by atoms with E-state index in [2.05, 4.69) is 70.9 Å². The van der Waals surface area contributed by atoms with Crippen LogP contribution in [0.2, 0.25) is 0 Å². The van der Waals surface area contributed by atoms with Gasteiger partial charge in [-0.25, -0.2) is 4.79 Å². The van der Waals surface area contributed by atoms with E-state index in [0.717, 1.165) is 11.1 Å². The Morgan fingerprint density at radius 3 is 2.46 bits per heavy atom. The first-order chi connectivity index (χ1) is 11.9. The van der Waals surface area contributed by atoms with Gasteiger partial charge < -0.3 is 14.6 Å². The Morgan fingerprint density at radius 2 is 1.85 bits per heavy atom. The average molecular weight is 354 g/mol. The number of likely N-dealkylation sites (N-methyl/N-ethyl adjacent to an activating group) is 1. The van der Waals surface area contributed by atoms with E-state index in [4.69, 9.17) is 4.42 Å². The maximum Gasteiger partial charge on any atom is 0.341 e. The van der Waals surface area contributed by atoms with Crippen molar-refractivity contribution >= 4 is 22.2 Å². The van der Waals surface area contributed by atoms with Crippen LogP contribution in [-0.2, 0) is 0 Å². The van der Waals surface area contributed by atoms with E-state index in [1.54, 1.807) is 0 Å². The second-order valence-corrected chi connectivity index (χ2v) is 9.05. The highest BCUT2D eigenvalue weighted by molar-refractivity contribution is 5.91. The molecule has 0 bridgehead atoms. The largest absolute Gasteiger partial charge is 0.422 e. The molecule has 0 saturated heterocycles. The van der Waals surface area contributed by atoms with Gasteiger partial charge in [-0.05, 0) is 66.2 Å². The predicted molar refractivity (Wildman–Crippen MR) is 110 cm³/mol. The summed E-state index contributed by atoms with van der Waals surface area (Å²) in [5.41, 5.74) is 4.41. The quantitative estimate of drug-likeness (QED) is 0.781. The lowest BCUT2D eigenvalue weighted by Crippen LogP contribution is -2.42. The molecular weight excluding hydrogens is 324 g/mol. The number of nitrogens with one attached hydrogen (secondary N) is 1. The topological polar surface area (TPSA) is 45.5 Å². The Balaban J connectivity index is 2.16. The SMILES string of the molecule is CC1=CC(C)(C)N(C)c2cc3oc(=O)c(C(C)NC(C)(C)C)cc3cc21. The molecule has 0 amide bonds. The standard InChI is InChI=1S/C22H30N2O2/c1-13-12-22(6,7)24(8)18-11-19-15(9-16(13)18)10-17(20(25)26-19)14(2)23-21(3,4)5/h9-12,14,23H,1-8H3. The number of rotatable bonds is 2. The zero-order valence-corrected chi connectivity index (χ0v) is 17.2. The first-order valence-electron chi connectivity index (χ1n) is 9.22. The number of nitrogens with zero attached hydrogens (tertiary/aromatic N) is 1. The maximum atomic E-state index is 12.6. The summed E-state index contributed by atoms with van der Waals surface area (Å²) in [4.78, 5) is 14.8. The number of benzene rings is 1. The Morgan fingerprint density at radius 1 is 1.19 bits per heavy atom. The molecule has 4 nitrogen and oxygen atoms in total. The fourth-order valence-corrected chi connectivity index (χ4v) is 3.81. The molecule has 0 radical (unpaired) electrons. The maximum absolute atomic E-state index is 12.6. The van der Waals surface area contributed by atoms with Crippen LogP contribution in [0.3, 0.4) is 0 Å². The third kappa shape index (κ3) is 3.30. The minimum absolute atomic E-state index is 0.0733. The van der Waals surface area contributed by atoms with E-state index in [0.29, 0.717) is 11.1 Å². The first-order valence-corrected chi connectivity index (χ1v) is 9.22. The number of allylic oxidation sites excluding steroid dienone is 1. The second kappa shape index (κ2) is 5.98. The lowest BCUT2D eigenvalue weighted by atomic mass is 9.88. The molecule has 140 valence electrons. The van der Waals surface area contributed by atoms with Gasteiger partial charge in [0.05, 0.1) is 11.1 Å². The summed E-state index contributed by atoms with van der Waals surface area (Å²) in [6.45, 7) is 14.8. The lowest BCUT2D eigenvalue weighted by Gasteiger charge is -2.40. The highest BCUT2D eigenvalue weighted by atomic mass is 16.4. The fourth-order valence-electron chi connectivity index (χ4n) is 3.81. The van der Waals surface area contributed by atoms with Gasteiger partial charge in [-0.2, -0.15) is 0 Å². The smallest absolute Gasteiger partial charge is 0.341 e. The van der Waals surface area contributed by atoms with Crippen molar-refractivity contribution in [3.8, 4) is 0 Å². The summed E-state index contributed by atoms with van der Waals surface area (Å²) < 4.78 is 5.70. The zero-order chi connectivity index (χ0) is 19.4. The van der Waals surface area contributed by atoms with E-state index < -0.39 is 0 Å². The van der Waals surface area contributed by atoms with Crippen LogP contribution in [0.5, 0.6) is 0 Å². The highest BCUT2D eigenvalue weighted by Crippen LogP contribution is 2.40. The molecule has 4 heteroatoms. The molecule has 1 unspecified atom stereocenters. The van der Waals surface area contributed by atoms with Crippen molar-refractivity contribution in [3.63, 3.8) is 0 Å². The van der Waals surface area contributed by atoms with Gasteiger partial charge in [0.25, 0.3) is 0 Å². The minimum atomic E-state index is -0.272. The normalized spacial score (nSPS) is 17.8. The van der Waals surface area contributed by atoms with Gasteiger partial charge in [0.2, 0.25) is 0 Å². The van der Waals surface area contributed by atoms with Crippen molar-refractivity contribution in [2.75, 3.05) is 11.9 Å². The van der Waals surface area contributed by atoms with Crippen molar-refractivity contribution in [1.82, 2.24) is 5.32 Å². The Kier molecular flexibility index (Phi) is 4.31. The highest BCUT2D eigenvalue weighted by Gasteiger charge is 2.29. The van der Waals surface area contributed by atoms with Crippen LogP contribution in [0, 0.1) is 0 Å². The van der Waals surface area contributed by atoms with Crippen LogP contribution < -0.4 is 15.8 Å². The zero-order valence-electron chi connectivity index (χ0n) is 17.2. The number of fused-ring (bicyclic) bond motifs is 2. The van der Waals surface area contributed by atoms with Crippen LogP contribution in [0.25, 0.3) is 16.5 Å². The molecule has 1 atom stereocenters. The number of hydrogen-bond acceptors (Lipinski definition) is 4. The monoisotopic (exact) mass is 354 g/mol. The van der Waals surface area contributed by atoms with Gasteiger partial charge >= 0.3 is 5.63 Å². The van der Waals surface area contributed by atoms with Gasteiger partial charge in [-0.3, -0.25) is 0 Å². The van der Waals surface area contributed by atoms with Gasteiger partial charge in [-0.1, -0.05) is 6.08 Å². The summed E-state index contributed by atoms with van der Waals surface area (Å²) in [5, 5.41) is 4.41. The van der Waals surface area contributed by atoms with E-state index in [-0.39, 0.29) is 22.7 Å². The molecule has 0 fully saturated rings. The second-order valence-electron chi connectivity index (χ2n) is 9.05. The molecule has 3 rings (SSSR count). The molecule has 1 aromatic heterocycles. The van der Waals surface area contributed by atoms with Gasteiger partial charge in [0.1, 0.15) is 5.58 Å². The van der Waals surface area contributed by atoms with E-state index in [1.165, 1.54) is 11.1 Å². The van der Waals surface area contributed by atoms with Crippen LogP contribution in [0.4, 0.5) is 5.69 Å². The van der Waals surface area contributed by atoms with Crippen molar-refractivity contribution < 1.29 is 4.42 Å². The van der Waals surface area contributed by atoms with Gasteiger partial charge in [-0.15, -0.1) is 0 Å². The van der Waals surface area contributed by atoms with Gasteiger partial charge in [0.15, 0.2) is 0 Å². The summed E-state index contributed by atoms with van der Waals surface area (Å²) in [7, 11) is 2.08. The van der Waals surface area contributed by atoms with Crippen LogP contribution in [-0.4, -0.2) is 18.1 Å². The third-order valence-corrected chi connectivity index (χ3v) is 5.21. The molecule has 1 aliphatic heterocycles. The summed E-state index contributed by atoms with van der Waals surface area (Å²) >= 11 is 0. The molecule has 1 N–H and O–H groups in total. The van der Waals surface area contributed by atoms with Crippen molar-refractivity contribution in [3.05, 3.63) is 45.8 Å². The average Bonchev–Trinajstić information content (AvgIpc) is 2.48. The van der Waals surface area contributed by atoms with Crippen LogP contribution in [0.1, 0.15) is 65.6 Å². The Labute approximate surface area is 155 Å². The number of hydrogen-bond donors (Lipinski definition) is 1. The van der Waals surface area contributed by atoms with E-state index in [1.807, 2.05) is 19.1 Å². The van der Waals surface area contributed by atoms with E-state index >= 15 is 0 Å². The fraction of sp³-hybridized carbons (Fsp3) is 0.500. The van der Waals surface area contributed by atoms with Crippen molar-refractivity contribution in [2.45, 2.75) is 65.6 Å². The molecule has 1 aromatic carbocycles. The summed E-state index contributed by atoms with van der Waals surface area (Å²) in [6.07, 6.45) is 2.28. The first kappa shape index (κ1) is 18.7. The molecular formula is C22H30N2O2. The number of anilines is 1. The molecule has 1 aliphatic rings. The minimum Gasteiger partial charge on any atom is -0.422 e. The molecule has 0 saturated carbocycles. The van der Waals surface area contributed by atoms with Crippen molar-refractivity contribution in [2.24, 2.45) is 0 Å². The van der Waals surface area contributed by atoms with Gasteiger partial charge in [0, 0.05) is 41.3 Å². The summed E-state index contributed by atoms with van der Waals surface area (Å²) in [5.74, 6) is 0. The molecule has 2 heterocycles. The summed E-state index contributed by atoms with van der Waals surface area (Å²) in [6, 6.07) is 6.02. The molecule has 0 aliphatic carbocycles. The molecule has 26 heavy (non-hydrogen) atoms. The Hall–Kier alpha value is -2.07. The predicted octanol–water partition coefficient (Wildman–Crippen LogP) is 4.87. The lowest BCUT2D eigenvalue weighted by molar-refractivity contribution is 0.371. The van der Waals surface area contributed by atoms with Crippen molar-refractivity contribution in [1.29, 1.82) is 0 Å².